The lowest BCUT2D eigenvalue weighted by molar-refractivity contribution is -0.134. The van der Waals surface area contributed by atoms with Gasteiger partial charge in [-0.25, -0.2) is 4.98 Å². The number of hydrogen-bond donors (Lipinski definition) is 3. The van der Waals surface area contributed by atoms with E-state index in [9.17, 15) is 4.79 Å². The van der Waals surface area contributed by atoms with E-state index in [-0.39, 0.29) is 17.0 Å². The van der Waals surface area contributed by atoms with Crippen molar-refractivity contribution in [3.8, 4) is 0 Å². The van der Waals surface area contributed by atoms with E-state index >= 15 is 0 Å². The van der Waals surface area contributed by atoms with Gasteiger partial charge in [0.2, 0.25) is 0 Å². The Balaban J connectivity index is 0.000000491. The number of aromatic amines is 1. The van der Waals surface area contributed by atoms with Crippen molar-refractivity contribution in [2.24, 2.45) is 0 Å². The number of hydrogen-bond acceptors (Lipinski definition) is 4. The monoisotopic (exact) mass is 290 g/mol. The lowest BCUT2D eigenvalue weighted by Gasteiger charge is -2.04. The molecule has 2 rings (SSSR count). The van der Waals surface area contributed by atoms with Crippen LogP contribution in [0.15, 0.2) is 22.7 Å². The highest BCUT2D eigenvalue weighted by Crippen LogP contribution is 2.15. The second kappa shape index (κ2) is 6.69. The molecule has 0 saturated heterocycles. The molecular formula is C15H18N2O4. The number of allylic oxidation sites excluding steroid dienone is 1. The summed E-state index contributed by atoms with van der Waals surface area (Å²) in [6, 6.07) is 3.82. The second-order valence-corrected chi connectivity index (χ2v) is 4.71. The van der Waals surface area contributed by atoms with Crippen molar-refractivity contribution in [3.63, 3.8) is 0 Å². The molecule has 3 N–H and O–H groups in total. The van der Waals surface area contributed by atoms with Gasteiger partial charge in [-0.1, -0.05) is 0 Å². The Morgan fingerprint density at radius 1 is 1.19 bits per heavy atom. The third-order valence-electron chi connectivity index (χ3n) is 2.68. The summed E-state index contributed by atoms with van der Waals surface area (Å²) in [4.78, 5) is 27.7. The van der Waals surface area contributed by atoms with Gasteiger partial charge < -0.3 is 15.2 Å². The Labute approximate surface area is 121 Å². The highest BCUT2D eigenvalue weighted by atomic mass is 16.4. The van der Waals surface area contributed by atoms with Crippen LogP contribution in [0.4, 0.5) is 0 Å². The smallest absolute Gasteiger partial charge is 0.300 e. The van der Waals surface area contributed by atoms with Gasteiger partial charge in [-0.05, 0) is 44.0 Å². The zero-order chi connectivity index (χ0) is 16.2. The Kier molecular flexibility index (Phi) is 5.24. The van der Waals surface area contributed by atoms with Gasteiger partial charge >= 0.3 is 0 Å². The van der Waals surface area contributed by atoms with E-state index in [0.717, 1.165) is 23.6 Å². The zero-order valence-electron chi connectivity index (χ0n) is 12.4. The molecule has 2 aromatic rings. The molecule has 0 atom stereocenters. The van der Waals surface area contributed by atoms with E-state index in [1.807, 2.05) is 26.0 Å². The second-order valence-electron chi connectivity index (χ2n) is 4.71. The molecule has 0 aliphatic rings. The summed E-state index contributed by atoms with van der Waals surface area (Å²) in [5.41, 5.74) is 3.59. The van der Waals surface area contributed by atoms with Crippen molar-refractivity contribution in [2.75, 3.05) is 0 Å². The quantitative estimate of drug-likeness (QED) is 0.700. The normalized spacial score (nSPS) is 11.0. The van der Waals surface area contributed by atoms with Crippen LogP contribution in [-0.2, 0) is 4.79 Å². The lowest BCUT2D eigenvalue weighted by Crippen LogP contribution is -2.12. The highest BCUT2D eigenvalue weighted by molar-refractivity contribution is 5.77. The Hall–Kier alpha value is -2.63. The molecular weight excluding hydrogens is 272 g/mol. The van der Waals surface area contributed by atoms with Crippen LogP contribution in [-0.4, -0.2) is 26.2 Å². The minimum atomic E-state index is -0.833. The number of nitrogens with zero attached hydrogens (tertiary/aromatic N) is 1. The van der Waals surface area contributed by atoms with Gasteiger partial charge in [0.1, 0.15) is 5.69 Å². The van der Waals surface area contributed by atoms with Crippen LogP contribution in [0.3, 0.4) is 0 Å². The van der Waals surface area contributed by atoms with Crippen LogP contribution >= 0.6 is 0 Å². The fraction of sp³-hybridized carbons (Fsp3) is 0.267. The molecule has 0 aliphatic carbocycles. The lowest BCUT2D eigenvalue weighted by atomic mass is 10.1. The van der Waals surface area contributed by atoms with E-state index in [0.29, 0.717) is 5.52 Å². The first-order valence-corrected chi connectivity index (χ1v) is 6.28. The number of carbonyl (C=O) groups is 1. The Bertz CT molecular complexity index is 752. The summed E-state index contributed by atoms with van der Waals surface area (Å²) >= 11 is 0. The first-order chi connectivity index (χ1) is 9.70. The number of rotatable bonds is 1. The number of fused-ring (bicyclic) bond motifs is 1. The van der Waals surface area contributed by atoms with E-state index in [4.69, 9.17) is 15.0 Å². The molecule has 112 valence electrons. The first kappa shape index (κ1) is 16.4. The van der Waals surface area contributed by atoms with Crippen LogP contribution < -0.4 is 5.56 Å². The molecule has 1 heterocycles. The zero-order valence-corrected chi connectivity index (χ0v) is 12.4. The van der Waals surface area contributed by atoms with Gasteiger partial charge in [0.15, 0.2) is 0 Å². The average Bonchev–Trinajstić information content (AvgIpc) is 2.31. The molecule has 1 aromatic heterocycles. The molecule has 0 unspecified atom stereocenters. The van der Waals surface area contributed by atoms with Crippen molar-refractivity contribution < 1.29 is 15.0 Å². The van der Waals surface area contributed by atoms with E-state index in [1.54, 1.807) is 0 Å². The van der Waals surface area contributed by atoms with Crippen LogP contribution in [0.25, 0.3) is 17.1 Å². The summed E-state index contributed by atoms with van der Waals surface area (Å²) in [6.45, 7) is 6.57. The Morgan fingerprint density at radius 2 is 1.71 bits per heavy atom. The molecule has 0 radical (unpaired) electrons. The SMILES string of the molecule is C/C(O)=C/c1nc2cc(C)c(C)cc2[nH]c1=O.CC(=O)O. The topological polar surface area (TPSA) is 103 Å². The minimum Gasteiger partial charge on any atom is -0.513 e. The number of aryl methyl sites for hydroxylation is 2. The van der Waals surface area contributed by atoms with Gasteiger partial charge in [0, 0.05) is 13.0 Å². The summed E-state index contributed by atoms with van der Waals surface area (Å²) in [5.74, 6) is -0.772. The van der Waals surface area contributed by atoms with Crippen molar-refractivity contribution >= 4 is 23.1 Å². The number of nitrogens with one attached hydrogen (secondary N) is 1. The third kappa shape index (κ3) is 4.76. The molecule has 0 spiro atoms. The molecule has 1 aromatic carbocycles. The third-order valence-corrected chi connectivity index (χ3v) is 2.68. The highest BCUT2D eigenvalue weighted by Gasteiger charge is 2.04. The molecule has 6 nitrogen and oxygen atoms in total. The number of carboxylic acid groups (broad SMARTS) is 1. The predicted octanol–water partition coefficient (Wildman–Crippen LogP) is 2.55. The maximum atomic E-state index is 11.7. The standard InChI is InChI=1S/C13H14N2O2.C2H4O2/c1-7-4-10-11(5-8(7)2)15-13(17)12(14-10)6-9(3)16;1-2(3)4/h4-6,16H,1-3H3,(H,15,17);1H3,(H,3,4)/b9-6-;. The van der Waals surface area contributed by atoms with E-state index in [2.05, 4.69) is 9.97 Å². The van der Waals surface area contributed by atoms with E-state index in [1.165, 1.54) is 13.0 Å². The van der Waals surface area contributed by atoms with Crippen molar-refractivity contribution in [3.05, 3.63) is 45.1 Å². The first-order valence-electron chi connectivity index (χ1n) is 6.28. The number of benzene rings is 1. The van der Waals surface area contributed by atoms with Crippen LogP contribution in [0.2, 0.25) is 0 Å². The fourth-order valence-electron chi connectivity index (χ4n) is 1.66. The Morgan fingerprint density at radius 3 is 2.24 bits per heavy atom. The summed E-state index contributed by atoms with van der Waals surface area (Å²) in [5, 5.41) is 16.6. The molecule has 0 fully saturated rings. The molecule has 0 amide bonds. The molecule has 0 aliphatic heterocycles. The molecule has 6 heteroatoms. The minimum absolute atomic E-state index is 0.0613. The van der Waals surface area contributed by atoms with Gasteiger partial charge in [-0.2, -0.15) is 0 Å². The number of aliphatic hydroxyl groups is 1. The van der Waals surface area contributed by atoms with Crippen LogP contribution in [0, 0.1) is 13.8 Å². The van der Waals surface area contributed by atoms with Crippen molar-refractivity contribution in [1.29, 1.82) is 0 Å². The summed E-state index contributed by atoms with van der Waals surface area (Å²) < 4.78 is 0. The summed E-state index contributed by atoms with van der Waals surface area (Å²) in [7, 11) is 0. The maximum Gasteiger partial charge on any atom is 0.300 e. The number of aliphatic hydroxyl groups excluding tert-OH is 1. The van der Waals surface area contributed by atoms with Crippen LogP contribution in [0.1, 0.15) is 30.7 Å². The predicted molar refractivity (Wildman–Crippen MR) is 81.4 cm³/mol. The number of H-pyrrole nitrogens is 1. The fourth-order valence-corrected chi connectivity index (χ4v) is 1.66. The van der Waals surface area contributed by atoms with Gasteiger partial charge in [-0.3, -0.25) is 9.59 Å². The van der Waals surface area contributed by atoms with E-state index < -0.39 is 5.97 Å². The van der Waals surface area contributed by atoms with Crippen molar-refractivity contribution in [1.82, 2.24) is 9.97 Å². The summed E-state index contributed by atoms with van der Waals surface area (Å²) in [6.07, 6.45) is 1.35. The largest absolute Gasteiger partial charge is 0.513 e. The molecule has 21 heavy (non-hydrogen) atoms. The number of aliphatic carboxylic acids is 1. The van der Waals surface area contributed by atoms with Crippen molar-refractivity contribution in [2.45, 2.75) is 27.7 Å². The van der Waals surface area contributed by atoms with Crippen LogP contribution in [0.5, 0.6) is 0 Å². The maximum absolute atomic E-state index is 11.7. The van der Waals surface area contributed by atoms with Gasteiger partial charge in [-0.15, -0.1) is 0 Å². The van der Waals surface area contributed by atoms with Gasteiger partial charge in [0.25, 0.3) is 11.5 Å². The molecule has 0 bridgehead atoms. The van der Waals surface area contributed by atoms with Gasteiger partial charge in [0.05, 0.1) is 16.8 Å². The number of carboxylic acids is 1. The average molecular weight is 290 g/mol. The molecule has 0 saturated carbocycles. The number of aromatic nitrogens is 2.